The first-order valence-electron chi connectivity index (χ1n) is 9.35. The molecular weight excluding hydrogens is 316 g/mol. The Morgan fingerprint density at radius 2 is 1.80 bits per heavy atom. The van der Waals surface area contributed by atoms with Crippen LogP contribution in [0.15, 0.2) is 4.99 Å². The predicted molar refractivity (Wildman–Crippen MR) is 106 cm³/mol. The summed E-state index contributed by atoms with van der Waals surface area (Å²) in [5, 5.41) is 10.3. The quantitative estimate of drug-likeness (QED) is 0.174. The molecule has 1 unspecified atom stereocenters. The Kier molecular flexibility index (Phi) is 10.4. The topological polar surface area (TPSA) is 117 Å². The number of aliphatic imine (C=N–C) groups is 1. The summed E-state index contributed by atoms with van der Waals surface area (Å²) in [6.07, 6.45) is 3.88. The summed E-state index contributed by atoms with van der Waals surface area (Å²) in [4.78, 5) is 17.1. The zero-order valence-electron chi connectivity index (χ0n) is 16.8. The van der Waals surface area contributed by atoms with E-state index >= 15 is 0 Å². The van der Waals surface area contributed by atoms with Gasteiger partial charge in [-0.15, -0.1) is 0 Å². The van der Waals surface area contributed by atoms with E-state index in [-0.39, 0.29) is 11.7 Å². The number of likely N-dealkylation sites (N-methyl/N-ethyl adjacent to an activating group) is 1. The standard InChI is InChI=1S/C18H38N6O/c1-6-24(5,7-2)14-13-22-17(25)18(4,23-15(3)19)12-10-8-9-11-16(20)21/h6-14H2,1-5H3,(H5-,19,20,21,22,23,25)/p+1. The van der Waals surface area contributed by atoms with Crippen molar-refractivity contribution in [2.45, 2.75) is 65.3 Å². The Labute approximate surface area is 153 Å². The highest BCUT2D eigenvalue weighted by molar-refractivity contribution is 5.89. The summed E-state index contributed by atoms with van der Waals surface area (Å²) in [7, 11) is 2.20. The molecule has 6 N–H and O–H groups in total. The second kappa shape index (κ2) is 11.1. The molecule has 0 aliphatic carbocycles. The lowest BCUT2D eigenvalue weighted by atomic mass is 9.93. The van der Waals surface area contributed by atoms with Crippen LogP contribution in [-0.2, 0) is 4.79 Å². The summed E-state index contributed by atoms with van der Waals surface area (Å²) in [5.41, 5.74) is 10.3. The van der Waals surface area contributed by atoms with Gasteiger partial charge in [0.15, 0.2) is 0 Å². The number of rotatable bonds is 13. The van der Waals surface area contributed by atoms with E-state index in [1.165, 1.54) is 0 Å². The number of nitrogens with two attached hydrogens (primary N) is 2. The van der Waals surface area contributed by atoms with Crippen LogP contribution >= 0.6 is 0 Å². The molecule has 0 aromatic carbocycles. The molecule has 1 atom stereocenters. The average molecular weight is 356 g/mol. The van der Waals surface area contributed by atoms with E-state index in [1.807, 2.05) is 6.92 Å². The highest BCUT2D eigenvalue weighted by Gasteiger charge is 2.32. The minimum atomic E-state index is -0.836. The number of amidine groups is 2. The van der Waals surface area contributed by atoms with Gasteiger partial charge < -0.3 is 21.3 Å². The molecule has 0 heterocycles. The summed E-state index contributed by atoms with van der Waals surface area (Å²) in [6.45, 7) is 11.5. The molecule has 0 bridgehead atoms. The smallest absolute Gasteiger partial charge is 0.247 e. The number of unbranched alkanes of at least 4 members (excludes halogenated alkanes) is 2. The van der Waals surface area contributed by atoms with Crippen LogP contribution < -0.4 is 16.8 Å². The zero-order chi connectivity index (χ0) is 19.5. The molecule has 0 aliphatic heterocycles. The Morgan fingerprint density at radius 3 is 2.28 bits per heavy atom. The number of amides is 1. The van der Waals surface area contributed by atoms with Gasteiger partial charge in [0.25, 0.3) is 0 Å². The van der Waals surface area contributed by atoms with Crippen molar-refractivity contribution in [2.75, 3.05) is 33.2 Å². The summed E-state index contributed by atoms with van der Waals surface area (Å²) in [5.74, 6) is 0.566. The first-order chi connectivity index (χ1) is 11.6. The maximum Gasteiger partial charge on any atom is 0.247 e. The highest BCUT2D eigenvalue weighted by atomic mass is 16.2. The normalized spacial score (nSPS) is 14.8. The fourth-order valence-electron chi connectivity index (χ4n) is 2.74. The molecule has 0 spiro atoms. The number of carbonyl (C=O) groups excluding carboxylic acids is 1. The van der Waals surface area contributed by atoms with Crippen molar-refractivity contribution in [1.29, 1.82) is 5.41 Å². The van der Waals surface area contributed by atoms with Gasteiger partial charge in [-0.3, -0.25) is 15.2 Å². The number of quaternary nitrogens is 1. The van der Waals surface area contributed by atoms with Crippen LogP contribution in [-0.4, -0.2) is 60.8 Å². The monoisotopic (exact) mass is 355 g/mol. The van der Waals surface area contributed by atoms with Crippen molar-refractivity contribution >= 4 is 17.6 Å². The molecule has 7 heteroatoms. The molecule has 0 aromatic rings. The third-order valence-corrected chi connectivity index (χ3v) is 4.99. The van der Waals surface area contributed by atoms with Crippen molar-refractivity contribution in [3.05, 3.63) is 0 Å². The first-order valence-corrected chi connectivity index (χ1v) is 9.35. The van der Waals surface area contributed by atoms with E-state index in [0.717, 1.165) is 43.4 Å². The van der Waals surface area contributed by atoms with Gasteiger partial charge in [0.1, 0.15) is 5.54 Å². The number of carbonyl (C=O) groups is 1. The van der Waals surface area contributed by atoms with Gasteiger partial charge in [0.05, 0.1) is 44.9 Å². The third kappa shape index (κ3) is 9.43. The molecule has 0 rings (SSSR count). The first kappa shape index (κ1) is 23.4. The molecule has 0 saturated carbocycles. The molecule has 1 amide bonds. The summed E-state index contributed by atoms with van der Waals surface area (Å²) < 4.78 is 0.932. The lowest BCUT2D eigenvalue weighted by Crippen LogP contribution is -2.51. The van der Waals surface area contributed by atoms with Crippen molar-refractivity contribution in [2.24, 2.45) is 16.5 Å². The van der Waals surface area contributed by atoms with Crippen LogP contribution in [0.2, 0.25) is 0 Å². The second-order valence-corrected chi connectivity index (χ2v) is 7.34. The van der Waals surface area contributed by atoms with Gasteiger partial charge in [-0.2, -0.15) is 0 Å². The van der Waals surface area contributed by atoms with Crippen LogP contribution in [0.4, 0.5) is 0 Å². The van der Waals surface area contributed by atoms with Gasteiger partial charge >= 0.3 is 0 Å². The Hall–Kier alpha value is -1.63. The van der Waals surface area contributed by atoms with Crippen molar-refractivity contribution in [3.8, 4) is 0 Å². The molecule has 7 nitrogen and oxygen atoms in total. The Balaban J connectivity index is 4.64. The number of nitrogens with one attached hydrogen (secondary N) is 2. The molecule has 25 heavy (non-hydrogen) atoms. The molecule has 0 aromatic heterocycles. The van der Waals surface area contributed by atoms with E-state index in [4.69, 9.17) is 16.9 Å². The molecule has 0 fully saturated rings. The maximum absolute atomic E-state index is 12.7. The lowest BCUT2D eigenvalue weighted by Gasteiger charge is -2.33. The Bertz CT molecular complexity index is 454. The highest BCUT2D eigenvalue weighted by Crippen LogP contribution is 2.20. The van der Waals surface area contributed by atoms with Crippen LogP contribution in [0.1, 0.15) is 59.8 Å². The maximum atomic E-state index is 12.7. The number of hydrogen-bond donors (Lipinski definition) is 4. The van der Waals surface area contributed by atoms with Crippen LogP contribution in [0.25, 0.3) is 0 Å². The molecule has 0 radical (unpaired) electrons. The SMILES string of the molecule is CC[N+](C)(CC)CCNC(=O)C(C)(CCCCCC(=N)N)N=C(C)N. The van der Waals surface area contributed by atoms with Crippen molar-refractivity contribution in [3.63, 3.8) is 0 Å². The molecule has 146 valence electrons. The minimum absolute atomic E-state index is 0.0670. The molecule has 0 saturated heterocycles. The van der Waals surface area contributed by atoms with E-state index in [1.54, 1.807) is 6.92 Å². The summed E-state index contributed by atoms with van der Waals surface area (Å²) in [6, 6.07) is 0. The zero-order valence-corrected chi connectivity index (χ0v) is 16.8. The summed E-state index contributed by atoms with van der Waals surface area (Å²) >= 11 is 0. The largest absolute Gasteiger partial charge is 0.388 e. The van der Waals surface area contributed by atoms with Gasteiger partial charge in [-0.05, 0) is 40.5 Å². The van der Waals surface area contributed by atoms with E-state index in [2.05, 4.69) is 31.2 Å². The molecular formula is C18H39N6O+. The lowest BCUT2D eigenvalue weighted by molar-refractivity contribution is -0.904. The van der Waals surface area contributed by atoms with Crippen LogP contribution in [0.5, 0.6) is 0 Å². The fourth-order valence-corrected chi connectivity index (χ4v) is 2.74. The van der Waals surface area contributed by atoms with Crippen LogP contribution in [0.3, 0.4) is 0 Å². The second-order valence-electron chi connectivity index (χ2n) is 7.34. The number of nitrogens with zero attached hydrogens (tertiary/aromatic N) is 2. The average Bonchev–Trinajstić information content (AvgIpc) is 2.53. The Morgan fingerprint density at radius 1 is 1.20 bits per heavy atom. The number of hydrogen-bond acceptors (Lipinski definition) is 3. The van der Waals surface area contributed by atoms with Crippen molar-refractivity contribution in [1.82, 2.24) is 5.32 Å². The van der Waals surface area contributed by atoms with Gasteiger partial charge in [-0.1, -0.05) is 12.8 Å². The van der Waals surface area contributed by atoms with E-state index in [0.29, 0.717) is 25.2 Å². The van der Waals surface area contributed by atoms with Crippen LogP contribution in [0, 0.1) is 5.41 Å². The van der Waals surface area contributed by atoms with E-state index < -0.39 is 5.54 Å². The predicted octanol–water partition coefficient (Wildman–Crippen LogP) is 1.61. The van der Waals surface area contributed by atoms with Gasteiger partial charge in [-0.25, -0.2) is 0 Å². The van der Waals surface area contributed by atoms with Gasteiger partial charge in [0.2, 0.25) is 5.91 Å². The fraction of sp³-hybridized carbons (Fsp3) is 0.833. The van der Waals surface area contributed by atoms with Gasteiger partial charge in [0, 0.05) is 6.42 Å². The van der Waals surface area contributed by atoms with E-state index in [9.17, 15) is 4.79 Å². The minimum Gasteiger partial charge on any atom is -0.388 e. The third-order valence-electron chi connectivity index (χ3n) is 4.99. The van der Waals surface area contributed by atoms with Crippen molar-refractivity contribution < 1.29 is 9.28 Å². The molecule has 0 aliphatic rings.